The molecule has 0 aromatic carbocycles. The predicted octanol–water partition coefficient (Wildman–Crippen LogP) is 2.76. The van der Waals surface area contributed by atoms with Crippen LogP contribution in [0.25, 0.3) is 0 Å². The number of guanidine groups is 1. The molecule has 0 radical (unpaired) electrons. The summed E-state index contributed by atoms with van der Waals surface area (Å²) in [7, 11) is 0. The first-order valence-corrected chi connectivity index (χ1v) is 6.90. The maximum Gasteiger partial charge on any atom is 0.191 e. The first-order chi connectivity index (χ1) is 8.94. The van der Waals surface area contributed by atoms with Crippen molar-refractivity contribution < 1.29 is 4.52 Å². The van der Waals surface area contributed by atoms with Crippen LogP contribution in [0.4, 0.5) is 0 Å². The van der Waals surface area contributed by atoms with Crippen molar-refractivity contribution in [3.63, 3.8) is 0 Å². The van der Waals surface area contributed by atoms with E-state index in [0.717, 1.165) is 29.5 Å². The van der Waals surface area contributed by atoms with Gasteiger partial charge in [0.1, 0.15) is 5.76 Å². The molecule has 6 heteroatoms. The molecule has 114 valence electrons. The molecule has 0 amide bonds. The molecule has 1 aromatic rings. The first-order valence-electron chi connectivity index (χ1n) is 6.90. The van der Waals surface area contributed by atoms with E-state index in [1.54, 1.807) is 0 Å². The van der Waals surface area contributed by atoms with E-state index in [2.05, 4.69) is 41.6 Å². The Morgan fingerprint density at radius 2 is 2.10 bits per heavy atom. The molecular weight excluding hydrogens is 367 g/mol. The minimum Gasteiger partial charge on any atom is -0.361 e. The third kappa shape index (κ3) is 4.10. The van der Waals surface area contributed by atoms with Gasteiger partial charge < -0.3 is 15.2 Å². The van der Waals surface area contributed by atoms with E-state index in [9.17, 15) is 0 Å². The number of aliphatic imine (C=N–C) groups is 1. The lowest BCUT2D eigenvalue weighted by Crippen LogP contribution is -2.39. The number of rotatable bonds is 4. The molecule has 2 rings (SSSR count). The largest absolute Gasteiger partial charge is 0.361 e. The van der Waals surface area contributed by atoms with E-state index >= 15 is 0 Å². The lowest BCUT2D eigenvalue weighted by atomic mass is 10.2. The molecule has 2 N–H and O–H groups in total. The molecule has 5 nitrogen and oxygen atoms in total. The second-order valence-electron chi connectivity index (χ2n) is 5.89. The summed E-state index contributed by atoms with van der Waals surface area (Å²) in [5.74, 6) is 1.72. The molecule has 0 bridgehead atoms. The molecule has 0 saturated heterocycles. The SMILES string of the molecule is CCNC(=NCc1c(C)noc1C)NC1CC1(C)C.I. The van der Waals surface area contributed by atoms with Crippen LogP contribution in [0.2, 0.25) is 0 Å². The molecule has 1 heterocycles. The topological polar surface area (TPSA) is 62.5 Å². The molecule has 1 atom stereocenters. The summed E-state index contributed by atoms with van der Waals surface area (Å²) in [6.07, 6.45) is 1.20. The summed E-state index contributed by atoms with van der Waals surface area (Å²) < 4.78 is 5.15. The van der Waals surface area contributed by atoms with Crippen LogP contribution in [0.3, 0.4) is 0 Å². The Balaban J connectivity index is 0.00000200. The molecule has 20 heavy (non-hydrogen) atoms. The van der Waals surface area contributed by atoms with Gasteiger partial charge in [0.05, 0.1) is 12.2 Å². The zero-order valence-corrected chi connectivity index (χ0v) is 15.2. The zero-order valence-electron chi connectivity index (χ0n) is 12.9. The van der Waals surface area contributed by atoms with Crippen molar-refractivity contribution in [2.24, 2.45) is 10.4 Å². The molecule has 1 aromatic heterocycles. The zero-order chi connectivity index (χ0) is 14.0. The van der Waals surface area contributed by atoms with Gasteiger partial charge in [-0.15, -0.1) is 24.0 Å². The maximum absolute atomic E-state index is 5.15. The van der Waals surface area contributed by atoms with E-state index in [0.29, 0.717) is 18.0 Å². The minimum absolute atomic E-state index is 0. The van der Waals surface area contributed by atoms with Crippen LogP contribution in [0, 0.1) is 19.3 Å². The van der Waals surface area contributed by atoms with Crippen molar-refractivity contribution in [3.8, 4) is 0 Å². The minimum atomic E-state index is 0. The Bertz CT molecular complexity index is 462. The van der Waals surface area contributed by atoms with E-state index in [4.69, 9.17) is 4.52 Å². The van der Waals surface area contributed by atoms with Crippen LogP contribution in [0.1, 0.15) is 44.2 Å². The highest BCUT2D eigenvalue weighted by Crippen LogP contribution is 2.44. The summed E-state index contributed by atoms with van der Waals surface area (Å²) in [5.41, 5.74) is 2.38. The number of nitrogens with zero attached hydrogens (tertiary/aromatic N) is 2. The summed E-state index contributed by atoms with van der Waals surface area (Å²) in [6.45, 7) is 11.9. The average molecular weight is 392 g/mol. The molecule has 0 spiro atoms. The molecule has 1 aliphatic rings. The van der Waals surface area contributed by atoms with Crippen LogP contribution in [-0.4, -0.2) is 23.7 Å². The van der Waals surface area contributed by atoms with Gasteiger partial charge in [0.25, 0.3) is 0 Å². The normalized spacial score (nSPS) is 20.2. The van der Waals surface area contributed by atoms with Gasteiger partial charge in [-0.3, -0.25) is 0 Å². The lowest BCUT2D eigenvalue weighted by Gasteiger charge is -2.12. The highest BCUT2D eigenvalue weighted by Gasteiger charge is 2.46. The number of hydrogen-bond donors (Lipinski definition) is 2. The third-order valence-electron chi connectivity index (χ3n) is 3.75. The first kappa shape index (κ1) is 17.3. The van der Waals surface area contributed by atoms with Crippen molar-refractivity contribution >= 4 is 29.9 Å². The number of aryl methyl sites for hydroxylation is 2. The van der Waals surface area contributed by atoms with Crippen molar-refractivity contribution in [1.82, 2.24) is 15.8 Å². The smallest absolute Gasteiger partial charge is 0.191 e. The fraction of sp³-hybridized carbons (Fsp3) is 0.714. The second-order valence-corrected chi connectivity index (χ2v) is 5.89. The van der Waals surface area contributed by atoms with Gasteiger partial charge in [-0.05, 0) is 32.6 Å². The second kappa shape index (κ2) is 6.78. The molecule has 1 fully saturated rings. The van der Waals surface area contributed by atoms with Crippen molar-refractivity contribution in [1.29, 1.82) is 0 Å². The highest BCUT2D eigenvalue weighted by molar-refractivity contribution is 14.0. The third-order valence-corrected chi connectivity index (χ3v) is 3.75. The summed E-state index contributed by atoms with van der Waals surface area (Å²) in [5, 5.41) is 10.7. The quantitative estimate of drug-likeness (QED) is 0.470. The van der Waals surface area contributed by atoms with E-state index < -0.39 is 0 Å². The van der Waals surface area contributed by atoms with Gasteiger partial charge in [-0.2, -0.15) is 0 Å². The standard InChI is InChI=1S/C14H24N4O.HI/c1-6-15-13(17-12-7-14(12,4)5)16-8-11-9(2)18-19-10(11)3;/h12H,6-8H2,1-5H3,(H2,15,16,17);1H. The number of hydrogen-bond acceptors (Lipinski definition) is 3. The number of halogens is 1. The van der Waals surface area contributed by atoms with Gasteiger partial charge in [0, 0.05) is 18.2 Å². The fourth-order valence-corrected chi connectivity index (χ4v) is 2.08. The molecule has 1 saturated carbocycles. The Labute approximate surface area is 138 Å². The van der Waals surface area contributed by atoms with E-state index in [1.165, 1.54) is 6.42 Å². The Morgan fingerprint density at radius 3 is 2.55 bits per heavy atom. The average Bonchev–Trinajstić information content (AvgIpc) is 2.80. The van der Waals surface area contributed by atoms with Gasteiger partial charge in [0.2, 0.25) is 0 Å². The molecule has 0 aliphatic heterocycles. The maximum atomic E-state index is 5.15. The number of nitrogens with one attached hydrogen (secondary N) is 2. The Kier molecular flexibility index (Phi) is 5.85. The highest BCUT2D eigenvalue weighted by atomic mass is 127. The van der Waals surface area contributed by atoms with Gasteiger partial charge in [-0.25, -0.2) is 4.99 Å². The van der Waals surface area contributed by atoms with Crippen molar-refractivity contribution in [2.45, 2.75) is 53.6 Å². The fourth-order valence-electron chi connectivity index (χ4n) is 2.08. The molecule has 1 aliphatic carbocycles. The van der Waals surface area contributed by atoms with Gasteiger partial charge >= 0.3 is 0 Å². The summed E-state index contributed by atoms with van der Waals surface area (Å²) >= 11 is 0. The lowest BCUT2D eigenvalue weighted by molar-refractivity contribution is 0.392. The van der Waals surface area contributed by atoms with Crippen LogP contribution in [-0.2, 0) is 6.54 Å². The van der Waals surface area contributed by atoms with E-state index in [-0.39, 0.29) is 24.0 Å². The molecule has 1 unspecified atom stereocenters. The van der Waals surface area contributed by atoms with Gasteiger partial charge in [0.15, 0.2) is 5.96 Å². The van der Waals surface area contributed by atoms with Crippen molar-refractivity contribution in [2.75, 3.05) is 6.54 Å². The van der Waals surface area contributed by atoms with Gasteiger partial charge in [-0.1, -0.05) is 19.0 Å². The van der Waals surface area contributed by atoms with E-state index in [1.807, 2.05) is 13.8 Å². The Morgan fingerprint density at radius 1 is 1.45 bits per heavy atom. The van der Waals surface area contributed by atoms with Crippen molar-refractivity contribution in [3.05, 3.63) is 17.0 Å². The molecular formula is C14H25IN4O. The monoisotopic (exact) mass is 392 g/mol. The summed E-state index contributed by atoms with van der Waals surface area (Å²) in [6, 6.07) is 0.523. The predicted molar refractivity (Wildman–Crippen MR) is 91.5 cm³/mol. The summed E-state index contributed by atoms with van der Waals surface area (Å²) in [4.78, 5) is 4.62. The van der Waals surface area contributed by atoms with Crippen LogP contribution in [0.15, 0.2) is 9.52 Å². The Hall–Kier alpha value is -0.790. The van der Waals surface area contributed by atoms with Crippen LogP contribution in [0.5, 0.6) is 0 Å². The van der Waals surface area contributed by atoms with Crippen LogP contribution < -0.4 is 10.6 Å². The van der Waals surface area contributed by atoms with Crippen LogP contribution >= 0.6 is 24.0 Å². The number of aromatic nitrogens is 1.